The van der Waals surface area contributed by atoms with Crippen molar-refractivity contribution in [3.8, 4) is 0 Å². The van der Waals surface area contributed by atoms with Crippen molar-refractivity contribution in [1.82, 2.24) is 0 Å². The Morgan fingerprint density at radius 2 is 1.58 bits per heavy atom. The number of rotatable bonds is 0. The van der Waals surface area contributed by atoms with Gasteiger partial charge < -0.3 is 0 Å². The molecule has 0 saturated heterocycles. The summed E-state index contributed by atoms with van der Waals surface area (Å²) in [5.74, 6) is -0.464. The number of Topliss-reactive ketones (excluding diaryl/α,β-unsaturated/α-hetero) is 2. The monoisotopic (exact) mass is 167 g/mol. The van der Waals surface area contributed by atoms with E-state index in [1.165, 1.54) is 12.8 Å². The molecule has 0 aromatic rings. The summed E-state index contributed by atoms with van der Waals surface area (Å²) in [6, 6.07) is 0. The highest BCUT2D eigenvalue weighted by atomic mass is 16.2. The van der Waals surface area contributed by atoms with Gasteiger partial charge in [0.15, 0.2) is 5.78 Å². The van der Waals surface area contributed by atoms with Crippen molar-refractivity contribution < 1.29 is 9.59 Å². The minimum Gasteiger partial charge on any atom is -0.291 e. The van der Waals surface area contributed by atoms with Crippen molar-refractivity contribution in [1.29, 1.82) is 0 Å². The quantitative estimate of drug-likeness (QED) is 0.517. The first kappa shape index (κ1) is 9.43. The first-order valence-electron chi connectivity index (χ1n) is 4.71. The number of ketones is 2. The Bertz CT molecular complexity index is 153. The lowest BCUT2D eigenvalue weighted by atomic mass is 9.99. The maximum atomic E-state index is 11.1. The molecule has 2 heteroatoms. The summed E-state index contributed by atoms with van der Waals surface area (Å²) in [6.07, 6.45) is 8.22. The van der Waals surface area contributed by atoms with Gasteiger partial charge in [-0.2, -0.15) is 0 Å². The van der Waals surface area contributed by atoms with Gasteiger partial charge >= 0.3 is 0 Å². The van der Waals surface area contributed by atoms with Crippen molar-refractivity contribution in [3.05, 3.63) is 6.42 Å². The van der Waals surface area contributed by atoms with Crippen LogP contribution in [0.5, 0.6) is 0 Å². The van der Waals surface area contributed by atoms with Crippen LogP contribution in [0.3, 0.4) is 0 Å². The lowest BCUT2D eigenvalue weighted by Gasteiger charge is -2.04. The maximum absolute atomic E-state index is 11.1. The second-order valence-electron chi connectivity index (χ2n) is 3.30. The van der Waals surface area contributed by atoms with Gasteiger partial charge in [-0.25, -0.2) is 0 Å². The molecule has 0 bridgehead atoms. The molecule has 2 nitrogen and oxygen atoms in total. The smallest absolute Gasteiger partial charge is 0.202 e. The molecule has 0 aliphatic heterocycles. The van der Waals surface area contributed by atoms with E-state index in [9.17, 15) is 9.59 Å². The average Bonchev–Trinajstić information content (AvgIpc) is 2.08. The number of carbonyl (C=O) groups excluding carboxylic acids is 2. The van der Waals surface area contributed by atoms with Crippen LogP contribution >= 0.6 is 0 Å². The Morgan fingerprint density at radius 3 is 2.42 bits per heavy atom. The van der Waals surface area contributed by atoms with Crippen molar-refractivity contribution in [2.75, 3.05) is 0 Å². The highest BCUT2D eigenvalue weighted by molar-refractivity contribution is 6.40. The zero-order valence-corrected chi connectivity index (χ0v) is 7.34. The predicted molar refractivity (Wildman–Crippen MR) is 46.6 cm³/mol. The summed E-state index contributed by atoms with van der Waals surface area (Å²) in [6.45, 7) is 0. The van der Waals surface area contributed by atoms with Gasteiger partial charge in [-0.3, -0.25) is 9.59 Å². The second kappa shape index (κ2) is 5.07. The Hall–Kier alpha value is -0.660. The van der Waals surface area contributed by atoms with Gasteiger partial charge in [-0.15, -0.1) is 0 Å². The molecule has 1 rings (SSSR count). The fourth-order valence-electron chi connectivity index (χ4n) is 1.43. The summed E-state index contributed by atoms with van der Waals surface area (Å²) in [5.41, 5.74) is 0. The summed E-state index contributed by atoms with van der Waals surface area (Å²) in [5, 5.41) is 0. The maximum Gasteiger partial charge on any atom is 0.202 e. The third kappa shape index (κ3) is 3.16. The van der Waals surface area contributed by atoms with Crippen LogP contribution in [0.25, 0.3) is 0 Å². The first-order valence-corrected chi connectivity index (χ1v) is 4.71. The SMILES string of the molecule is O=C1[CH]CCCCCCCC1=O. The molecule has 0 N–H and O–H groups in total. The zero-order chi connectivity index (χ0) is 8.81. The van der Waals surface area contributed by atoms with Gasteiger partial charge in [0.05, 0.1) is 0 Å². The predicted octanol–water partition coefficient (Wildman–Crippen LogP) is 2.07. The third-order valence-electron chi connectivity index (χ3n) is 2.21. The van der Waals surface area contributed by atoms with E-state index in [0.717, 1.165) is 25.7 Å². The van der Waals surface area contributed by atoms with Crippen molar-refractivity contribution >= 4 is 11.6 Å². The van der Waals surface area contributed by atoms with E-state index in [2.05, 4.69) is 0 Å². The lowest BCUT2D eigenvalue weighted by molar-refractivity contribution is -0.134. The number of hydrogen-bond acceptors (Lipinski definition) is 2. The molecular formula is C10H15O2. The molecule has 1 fully saturated rings. The van der Waals surface area contributed by atoms with Crippen LogP contribution in [0.2, 0.25) is 0 Å². The molecule has 1 radical (unpaired) electrons. The molecule has 1 saturated carbocycles. The molecule has 0 amide bonds. The van der Waals surface area contributed by atoms with E-state index in [0.29, 0.717) is 6.42 Å². The summed E-state index contributed by atoms with van der Waals surface area (Å²) < 4.78 is 0. The van der Waals surface area contributed by atoms with Crippen LogP contribution in [0, 0.1) is 6.42 Å². The zero-order valence-electron chi connectivity index (χ0n) is 7.34. The summed E-state index contributed by atoms with van der Waals surface area (Å²) in [4.78, 5) is 22.1. The molecule has 0 aromatic carbocycles. The average molecular weight is 167 g/mol. The van der Waals surface area contributed by atoms with Crippen LogP contribution in [0.4, 0.5) is 0 Å². The van der Waals surface area contributed by atoms with Crippen LogP contribution in [-0.4, -0.2) is 11.6 Å². The number of carbonyl (C=O) groups is 2. The van der Waals surface area contributed by atoms with Gasteiger partial charge in [-0.1, -0.05) is 25.7 Å². The van der Waals surface area contributed by atoms with E-state index < -0.39 is 0 Å². The van der Waals surface area contributed by atoms with E-state index in [4.69, 9.17) is 0 Å². The van der Waals surface area contributed by atoms with Crippen molar-refractivity contribution in [3.63, 3.8) is 0 Å². The van der Waals surface area contributed by atoms with Gasteiger partial charge in [0, 0.05) is 12.8 Å². The minimum atomic E-state index is -0.267. The van der Waals surface area contributed by atoms with E-state index in [1.807, 2.05) is 0 Å². The topological polar surface area (TPSA) is 34.1 Å². The minimum absolute atomic E-state index is 0.197. The van der Waals surface area contributed by atoms with Crippen LogP contribution in [0.15, 0.2) is 0 Å². The molecule has 1 aliphatic carbocycles. The van der Waals surface area contributed by atoms with Crippen LogP contribution in [0.1, 0.15) is 44.9 Å². The second-order valence-corrected chi connectivity index (χ2v) is 3.30. The van der Waals surface area contributed by atoms with E-state index in [-0.39, 0.29) is 11.6 Å². The Balaban J connectivity index is 2.36. The van der Waals surface area contributed by atoms with Crippen molar-refractivity contribution in [2.45, 2.75) is 44.9 Å². The highest BCUT2D eigenvalue weighted by Gasteiger charge is 2.13. The van der Waals surface area contributed by atoms with Gasteiger partial charge in [0.25, 0.3) is 0 Å². The Kier molecular flexibility index (Phi) is 3.98. The Morgan fingerprint density at radius 1 is 0.917 bits per heavy atom. The number of hydrogen-bond donors (Lipinski definition) is 0. The molecule has 0 atom stereocenters. The first-order chi connectivity index (χ1) is 5.80. The molecular weight excluding hydrogens is 152 g/mol. The largest absolute Gasteiger partial charge is 0.291 e. The van der Waals surface area contributed by atoms with Crippen LogP contribution in [-0.2, 0) is 9.59 Å². The lowest BCUT2D eigenvalue weighted by Crippen LogP contribution is -2.14. The molecule has 1 aliphatic rings. The molecule has 67 valence electrons. The fraction of sp³-hybridized carbons (Fsp3) is 0.700. The normalized spacial score (nSPS) is 22.3. The van der Waals surface area contributed by atoms with Gasteiger partial charge in [-0.05, 0) is 12.8 Å². The molecule has 0 aromatic heterocycles. The molecule has 12 heavy (non-hydrogen) atoms. The summed E-state index contributed by atoms with van der Waals surface area (Å²) in [7, 11) is 0. The van der Waals surface area contributed by atoms with E-state index >= 15 is 0 Å². The molecule has 0 unspecified atom stereocenters. The van der Waals surface area contributed by atoms with Gasteiger partial charge in [0.1, 0.15) is 0 Å². The molecule has 0 spiro atoms. The van der Waals surface area contributed by atoms with E-state index in [1.54, 1.807) is 6.42 Å². The van der Waals surface area contributed by atoms with Crippen molar-refractivity contribution in [2.24, 2.45) is 0 Å². The van der Waals surface area contributed by atoms with Crippen LogP contribution < -0.4 is 0 Å². The fourth-order valence-corrected chi connectivity index (χ4v) is 1.43. The molecule has 0 heterocycles. The Labute approximate surface area is 73.3 Å². The summed E-state index contributed by atoms with van der Waals surface area (Å²) >= 11 is 0. The van der Waals surface area contributed by atoms with Gasteiger partial charge in [0.2, 0.25) is 5.78 Å². The standard InChI is InChI=1S/C10H15O2/c11-9-7-5-3-1-2-4-6-8-10(9)12/h7H,1-6,8H2. The third-order valence-corrected chi connectivity index (χ3v) is 2.21. The highest BCUT2D eigenvalue weighted by Crippen LogP contribution is 2.11.